The molecule has 0 spiro atoms. The Morgan fingerprint density at radius 2 is 1.50 bits per heavy atom. The highest BCUT2D eigenvalue weighted by Gasteiger charge is 2.08. The molecule has 0 saturated carbocycles. The van der Waals surface area contributed by atoms with Crippen LogP contribution in [0.3, 0.4) is 0 Å². The molecule has 0 radical (unpaired) electrons. The number of aromatic nitrogens is 1. The van der Waals surface area contributed by atoms with E-state index in [1.807, 2.05) is 0 Å². The van der Waals surface area contributed by atoms with Crippen molar-refractivity contribution in [3.63, 3.8) is 0 Å². The normalized spacial score (nSPS) is 10.4. The quantitative estimate of drug-likeness (QED) is 0.816. The fraction of sp³-hybridized carbons (Fsp3) is 0. The molecule has 0 saturated heterocycles. The molecule has 0 aliphatic carbocycles. The van der Waals surface area contributed by atoms with Crippen LogP contribution in [-0.2, 0) is 0 Å². The predicted molar refractivity (Wildman–Crippen MR) is 78.4 cm³/mol. The fourth-order valence-electron chi connectivity index (χ4n) is 1.33. The Balaban J connectivity index is 2.36. The van der Waals surface area contributed by atoms with Crippen LogP contribution in [0.25, 0.3) is 0 Å². The highest BCUT2D eigenvalue weighted by atomic mass is 35.5. The lowest BCUT2D eigenvalue weighted by atomic mass is 10.3. The number of hydrogen-bond donors (Lipinski definition) is 2. The van der Waals surface area contributed by atoms with Gasteiger partial charge >= 0.3 is 0 Å². The van der Waals surface area contributed by atoms with E-state index < -0.39 is 0 Å². The van der Waals surface area contributed by atoms with Gasteiger partial charge in [-0.15, -0.1) is 0 Å². The van der Waals surface area contributed by atoms with E-state index in [1.54, 1.807) is 18.2 Å². The average Bonchev–Trinajstić information content (AvgIpc) is 2.24. The lowest BCUT2D eigenvalue weighted by molar-refractivity contribution is 1.31. The first-order valence-corrected chi connectivity index (χ1v) is 6.31. The minimum Gasteiger partial charge on any atom is -0.382 e. The largest absolute Gasteiger partial charge is 0.382 e. The smallest absolute Gasteiger partial charge is 0.151 e. The molecule has 1 aromatic carbocycles. The molecule has 2 rings (SSSR count). The second kappa shape index (κ2) is 5.41. The summed E-state index contributed by atoms with van der Waals surface area (Å²) < 4.78 is 0. The van der Waals surface area contributed by atoms with E-state index >= 15 is 0 Å². The second-order valence-electron chi connectivity index (χ2n) is 3.47. The number of nitrogens with one attached hydrogen (secondary N) is 1. The summed E-state index contributed by atoms with van der Waals surface area (Å²) in [6.45, 7) is 0. The van der Waals surface area contributed by atoms with Gasteiger partial charge in [-0.05, 0) is 24.3 Å². The van der Waals surface area contributed by atoms with Gasteiger partial charge in [-0.25, -0.2) is 4.98 Å². The molecule has 0 amide bonds. The zero-order chi connectivity index (χ0) is 13.3. The Kier molecular flexibility index (Phi) is 4.07. The van der Waals surface area contributed by atoms with Gasteiger partial charge in [-0.1, -0.05) is 46.4 Å². The lowest BCUT2D eigenvalue weighted by Crippen LogP contribution is -1.99. The topological polar surface area (TPSA) is 50.9 Å². The number of pyridine rings is 1. The minimum atomic E-state index is 0.191. The van der Waals surface area contributed by atoms with Crippen LogP contribution in [0.15, 0.2) is 24.3 Å². The van der Waals surface area contributed by atoms with Crippen LogP contribution in [-0.4, -0.2) is 4.98 Å². The van der Waals surface area contributed by atoms with Gasteiger partial charge in [0.25, 0.3) is 0 Å². The third-order valence-electron chi connectivity index (χ3n) is 2.08. The minimum absolute atomic E-state index is 0.191. The Morgan fingerprint density at radius 1 is 0.889 bits per heavy atom. The van der Waals surface area contributed by atoms with Gasteiger partial charge in [-0.3, -0.25) is 0 Å². The Morgan fingerprint density at radius 3 is 2.11 bits per heavy atom. The van der Waals surface area contributed by atoms with Crippen LogP contribution < -0.4 is 11.1 Å². The Hall–Kier alpha value is -0.870. The number of nitrogens with zero attached hydrogens (tertiary/aromatic N) is 1. The molecule has 0 bridgehead atoms. The van der Waals surface area contributed by atoms with Crippen molar-refractivity contribution in [3.05, 3.63) is 44.4 Å². The first-order chi connectivity index (χ1) is 8.45. The molecule has 1 aromatic heterocycles. The molecule has 0 atom stereocenters. The summed E-state index contributed by atoms with van der Waals surface area (Å²) in [7, 11) is 0. The second-order valence-corrected chi connectivity index (χ2v) is 5.16. The molecule has 18 heavy (non-hydrogen) atoms. The first-order valence-electron chi connectivity index (χ1n) is 4.80. The number of hydrogen-bond acceptors (Lipinski definition) is 3. The molecule has 7 heteroatoms. The summed E-state index contributed by atoms with van der Waals surface area (Å²) in [6, 6.07) is 6.52. The molecule has 1 heterocycles. The van der Waals surface area contributed by atoms with Crippen molar-refractivity contribution in [1.29, 1.82) is 0 Å². The van der Waals surface area contributed by atoms with Crippen LogP contribution in [0.4, 0.5) is 17.3 Å². The Bertz CT molecular complexity index is 581. The van der Waals surface area contributed by atoms with Crippen molar-refractivity contribution < 1.29 is 0 Å². The standard InChI is InChI=1S/C11H7Cl4N3/c12-5-1-6(13)3-7(2-5)17-11-9(15)4-8(14)10(16)18-11/h1-4H,(H3,16,17,18). The van der Waals surface area contributed by atoms with Crippen molar-refractivity contribution in [2.75, 3.05) is 11.1 Å². The van der Waals surface area contributed by atoms with Crippen molar-refractivity contribution in [2.24, 2.45) is 0 Å². The maximum Gasteiger partial charge on any atom is 0.151 e. The van der Waals surface area contributed by atoms with Gasteiger partial charge in [0.05, 0.1) is 10.0 Å². The first kappa shape index (κ1) is 13.6. The lowest BCUT2D eigenvalue weighted by Gasteiger charge is -2.09. The van der Waals surface area contributed by atoms with Crippen LogP contribution in [0.5, 0.6) is 0 Å². The number of benzene rings is 1. The molecule has 94 valence electrons. The van der Waals surface area contributed by atoms with E-state index in [0.717, 1.165) is 0 Å². The third kappa shape index (κ3) is 3.12. The van der Waals surface area contributed by atoms with Crippen molar-refractivity contribution >= 4 is 63.7 Å². The maximum atomic E-state index is 6.00. The van der Waals surface area contributed by atoms with Gasteiger partial charge in [0, 0.05) is 15.7 Å². The molecule has 0 aliphatic heterocycles. The van der Waals surface area contributed by atoms with E-state index in [4.69, 9.17) is 52.1 Å². The van der Waals surface area contributed by atoms with E-state index in [-0.39, 0.29) is 5.82 Å². The monoisotopic (exact) mass is 321 g/mol. The molecule has 3 N–H and O–H groups in total. The number of nitrogens with two attached hydrogens (primary N) is 1. The van der Waals surface area contributed by atoms with Crippen LogP contribution in [0.1, 0.15) is 0 Å². The molecular weight excluding hydrogens is 316 g/mol. The van der Waals surface area contributed by atoms with Gasteiger partial charge in [-0.2, -0.15) is 0 Å². The zero-order valence-electron chi connectivity index (χ0n) is 8.85. The summed E-state index contributed by atoms with van der Waals surface area (Å²) in [5.74, 6) is 0.577. The Labute approximate surface area is 124 Å². The van der Waals surface area contributed by atoms with E-state index in [2.05, 4.69) is 10.3 Å². The third-order valence-corrected chi connectivity index (χ3v) is 3.11. The van der Waals surface area contributed by atoms with Gasteiger partial charge in [0.2, 0.25) is 0 Å². The average molecular weight is 323 g/mol. The highest BCUT2D eigenvalue weighted by Crippen LogP contribution is 2.31. The summed E-state index contributed by atoms with van der Waals surface area (Å²) in [6.07, 6.45) is 0. The van der Waals surface area contributed by atoms with Crippen molar-refractivity contribution in [1.82, 2.24) is 4.98 Å². The molecule has 0 fully saturated rings. The number of rotatable bonds is 2. The van der Waals surface area contributed by atoms with E-state index in [9.17, 15) is 0 Å². The highest BCUT2D eigenvalue weighted by molar-refractivity contribution is 6.37. The molecule has 2 aromatic rings. The molecule has 3 nitrogen and oxygen atoms in total. The summed E-state index contributed by atoms with van der Waals surface area (Å²) in [5, 5.41) is 4.63. The van der Waals surface area contributed by atoms with Crippen LogP contribution in [0, 0.1) is 0 Å². The predicted octanol–water partition coefficient (Wildman–Crippen LogP) is 5.02. The fourth-order valence-corrected chi connectivity index (χ4v) is 2.26. The summed E-state index contributed by atoms with van der Waals surface area (Å²) in [5.41, 5.74) is 6.27. The maximum absolute atomic E-state index is 6.00. The number of nitrogen functional groups attached to an aromatic ring is 1. The van der Waals surface area contributed by atoms with Gasteiger partial charge in [0.15, 0.2) is 5.82 Å². The number of anilines is 3. The van der Waals surface area contributed by atoms with Gasteiger partial charge in [0.1, 0.15) is 5.82 Å². The zero-order valence-corrected chi connectivity index (χ0v) is 11.9. The molecular formula is C11H7Cl4N3. The summed E-state index contributed by atoms with van der Waals surface area (Å²) in [4.78, 5) is 4.04. The molecule has 0 aliphatic rings. The van der Waals surface area contributed by atoms with Crippen LogP contribution in [0.2, 0.25) is 20.1 Å². The van der Waals surface area contributed by atoms with E-state index in [1.165, 1.54) is 6.07 Å². The van der Waals surface area contributed by atoms with Crippen LogP contribution >= 0.6 is 46.4 Å². The van der Waals surface area contributed by atoms with Crippen molar-refractivity contribution in [2.45, 2.75) is 0 Å². The molecule has 0 unspecified atom stereocenters. The van der Waals surface area contributed by atoms with E-state index in [0.29, 0.717) is 31.6 Å². The number of halogens is 4. The van der Waals surface area contributed by atoms with Crippen molar-refractivity contribution in [3.8, 4) is 0 Å². The van der Waals surface area contributed by atoms with Gasteiger partial charge < -0.3 is 11.1 Å². The SMILES string of the molecule is Nc1nc(Nc2cc(Cl)cc(Cl)c2)c(Cl)cc1Cl. The summed E-state index contributed by atoms with van der Waals surface area (Å²) >= 11 is 23.6.